The minimum absolute atomic E-state index is 0.232. The summed E-state index contributed by atoms with van der Waals surface area (Å²) in [5.41, 5.74) is 0.232. The molecule has 2 N–H and O–H groups in total. The molecule has 0 aliphatic carbocycles. The largest absolute Gasteiger partial charge is 0.401 e. The first-order valence-electron chi connectivity index (χ1n) is 6.11. The predicted molar refractivity (Wildman–Crippen MR) is 68.5 cm³/mol. The number of amides is 2. The normalized spacial score (nSPS) is 11.5. The number of imide groups is 1. The maximum absolute atomic E-state index is 12.3. The number of halogens is 3. The number of benzene rings is 1. The van der Waals surface area contributed by atoms with Crippen molar-refractivity contribution in [3.05, 3.63) is 35.9 Å². The Morgan fingerprint density at radius 3 is 2.33 bits per heavy atom. The molecule has 8 heteroatoms. The predicted octanol–water partition coefficient (Wildman–Crippen LogP) is 0.800. The zero-order chi connectivity index (χ0) is 15.9. The second kappa shape index (κ2) is 7.75. The van der Waals surface area contributed by atoms with Crippen molar-refractivity contribution in [2.45, 2.75) is 6.18 Å². The maximum atomic E-state index is 12.3. The molecule has 0 atom stereocenters. The Kier molecular flexibility index (Phi) is 6.32. The van der Waals surface area contributed by atoms with Gasteiger partial charge in [-0.3, -0.25) is 19.8 Å². The van der Waals surface area contributed by atoms with Gasteiger partial charge in [0.2, 0.25) is 5.91 Å². The fourth-order valence-electron chi connectivity index (χ4n) is 1.64. The van der Waals surface area contributed by atoms with Crippen molar-refractivity contribution in [2.24, 2.45) is 0 Å². The van der Waals surface area contributed by atoms with E-state index in [1.807, 2.05) is 5.32 Å². The standard InChI is InChI=1S/C13H15F3N2O3/c14-13(15,16)9-18(6-7-19)8-11(20)17-12(21)10-4-2-1-3-5-10/h1-5,19H,6-9H2,(H,17,20,21). The first-order valence-corrected chi connectivity index (χ1v) is 6.11. The van der Waals surface area contributed by atoms with Crippen molar-refractivity contribution >= 4 is 11.8 Å². The molecule has 0 aliphatic heterocycles. The van der Waals surface area contributed by atoms with Crippen molar-refractivity contribution in [1.29, 1.82) is 0 Å². The molecule has 1 rings (SSSR count). The molecular formula is C13H15F3N2O3. The van der Waals surface area contributed by atoms with Gasteiger partial charge in [-0.2, -0.15) is 13.2 Å². The Labute approximate surface area is 119 Å². The first kappa shape index (κ1) is 17.1. The SMILES string of the molecule is O=C(CN(CCO)CC(F)(F)F)NC(=O)c1ccccc1. The summed E-state index contributed by atoms with van der Waals surface area (Å²) in [7, 11) is 0. The summed E-state index contributed by atoms with van der Waals surface area (Å²) in [4.78, 5) is 23.9. The van der Waals surface area contributed by atoms with Gasteiger partial charge in [-0.05, 0) is 12.1 Å². The number of aliphatic hydroxyl groups is 1. The summed E-state index contributed by atoms with van der Waals surface area (Å²) < 4.78 is 36.9. The van der Waals surface area contributed by atoms with E-state index >= 15 is 0 Å². The monoisotopic (exact) mass is 304 g/mol. The van der Waals surface area contributed by atoms with E-state index in [0.717, 1.165) is 0 Å². The van der Waals surface area contributed by atoms with Crippen LogP contribution < -0.4 is 5.32 Å². The zero-order valence-electron chi connectivity index (χ0n) is 11.1. The van der Waals surface area contributed by atoms with Gasteiger partial charge < -0.3 is 5.11 Å². The lowest BCUT2D eigenvalue weighted by molar-refractivity contribution is -0.149. The fourth-order valence-corrected chi connectivity index (χ4v) is 1.64. The van der Waals surface area contributed by atoms with Gasteiger partial charge in [-0.15, -0.1) is 0 Å². The molecule has 0 heterocycles. The highest BCUT2D eigenvalue weighted by Gasteiger charge is 2.31. The molecule has 0 spiro atoms. The molecule has 5 nitrogen and oxygen atoms in total. The molecule has 0 fully saturated rings. The zero-order valence-corrected chi connectivity index (χ0v) is 11.1. The average Bonchev–Trinajstić information content (AvgIpc) is 2.37. The molecule has 0 saturated carbocycles. The van der Waals surface area contributed by atoms with Crippen molar-refractivity contribution in [1.82, 2.24) is 10.2 Å². The summed E-state index contributed by atoms with van der Waals surface area (Å²) in [5, 5.41) is 10.7. The van der Waals surface area contributed by atoms with E-state index < -0.39 is 37.7 Å². The van der Waals surface area contributed by atoms with Crippen LogP contribution in [0.25, 0.3) is 0 Å². The van der Waals surface area contributed by atoms with Gasteiger partial charge in [0.05, 0.1) is 19.7 Å². The lowest BCUT2D eigenvalue weighted by Crippen LogP contribution is -2.44. The molecular weight excluding hydrogens is 289 g/mol. The van der Waals surface area contributed by atoms with Crippen LogP contribution >= 0.6 is 0 Å². The number of nitrogens with zero attached hydrogens (tertiary/aromatic N) is 1. The molecule has 116 valence electrons. The number of nitrogens with one attached hydrogen (secondary N) is 1. The van der Waals surface area contributed by atoms with Crippen LogP contribution in [0, 0.1) is 0 Å². The van der Waals surface area contributed by atoms with Gasteiger partial charge in [-0.1, -0.05) is 18.2 Å². The van der Waals surface area contributed by atoms with Crippen LogP contribution in [0.3, 0.4) is 0 Å². The molecule has 1 aromatic carbocycles. The molecule has 0 unspecified atom stereocenters. The minimum Gasteiger partial charge on any atom is -0.395 e. The Morgan fingerprint density at radius 2 is 1.81 bits per heavy atom. The number of rotatable bonds is 6. The summed E-state index contributed by atoms with van der Waals surface area (Å²) in [5.74, 6) is -1.54. The van der Waals surface area contributed by atoms with Crippen molar-refractivity contribution in [3.8, 4) is 0 Å². The number of hydrogen-bond acceptors (Lipinski definition) is 4. The van der Waals surface area contributed by atoms with Crippen LogP contribution in [0.2, 0.25) is 0 Å². The minimum atomic E-state index is -4.49. The van der Waals surface area contributed by atoms with Crippen LogP contribution in [0.4, 0.5) is 13.2 Å². The Hall–Kier alpha value is -1.93. The number of alkyl halides is 3. The number of hydrogen-bond donors (Lipinski definition) is 2. The van der Waals surface area contributed by atoms with Crippen LogP contribution in [0.5, 0.6) is 0 Å². The van der Waals surface area contributed by atoms with Crippen LogP contribution in [-0.4, -0.2) is 54.2 Å². The first-order chi connectivity index (χ1) is 9.81. The summed E-state index contributed by atoms with van der Waals surface area (Å²) in [6, 6.07) is 7.83. The second-order valence-electron chi connectivity index (χ2n) is 4.29. The molecule has 21 heavy (non-hydrogen) atoms. The number of carbonyl (C=O) groups excluding carboxylic acids is 2. The van der Waals surface area contributed by atoms with E-state index in [4.69, 9.17) is 5.11 Å². The molecule has 0 aliphatic rings. The topological polar surface area (TPSA) is 69.6 Å². The van der Waals surface area contributed by atoms with Gasteiger partial charge in [0.15, 0.2) is 0 Å². The Bertz CT molecular complexity index is 477. The van der Waals surface area contributed by atoms with Crippen LogP contribution in [0.15, 0.2) is 30.3 Å². The highest BCUT2D eigenvalue weighted by atomic mass is 19.4. The lowest BCUT2D eigenvalue weighted by atomic mass is 10.2. The van der Waals surface area contributed by atoms with E-state index in [1.165, 1.54) is 12.1 Å². The highest BCUT2D eigenvalue weighted by molar-refractivity contribution is 6.05. The Morgan fingerprint density at radius 1 is 1.19 bits per heavy atom. The van der Waals surface area contributed by atoms with E-state index in [-0.39, 0.29) is 12.1 Å². The smallest absolute Gasteiger partial charge is 0.395 e. The fraction of sp³-hybridized carbons (Fsp3) is 0.385. The third-order valence-corrected chi connectivity index (χ3v) is 2.48. The van der Waals surface area contributed by atoms with Crippen molar-refractivity contribution in [3.63, 3.8) is 0 Å². The van der Waals surface area contributed by atoms with Gasteiger partial charge in [0, 0.05) is 12.1 Å². The van der Waals surface area contributed by atoms with Gasteiger partial charge in [0.25, 0.3) is 5.91 Å². The number of carbonyl (C=O) groups is 2. The lowest BCUT2D eigenvalue weighted by Gasteiger charge is -2.21. The van der Waals surface area contributed by atoms with Gasteiger partial charge in [0.1, 0.15) is 0 Å². The molecule has 0 aromatic heterocycles. The molecule has 1 aromatic rings. The summed E-state index contributed by atoms with van der Waals surface area (Å²) in [6.07, 6.45) is -4.49. The third-order valence-electron chi connectivity index (χ3n) is 2.48. The summed E-state index contributed by atoms with van der Waals surface area (Å²) >= 11 is 0. The summed E-state index contributed by atoms with van der Waals surface area (Å²) in [6.45, 7) is -2.79. The molecule has 0 saturated heterocycles. The average molecular weight is 304 g/mol. The van der Waals surface area contributed by atoms with Gasteiger partial charge >= 0.3 is 6.18 Å². The third kappa shape index (κ3) is 6.87. The second-order valence-corrected chi connectivity index (χ2v) is 4.29. The Balaban J connectivity index is 2.56. The van der Waals surface area contributed by atoms with Gasteiger partial charge in [-0.25, -0.2) is 0 Å². The van der Waals surface area contributed by atoms with Crippen molar-refractivity contribution in [2.75, 3.05) is 26.2 Å². The number of aliphatic hydroxyl groups excluding tert-OH is 1. The van der Waals surface area contributed by atoms with E-state index in [1.54, 1.807) is 18.2 Å². The van der Waals surface area contributed by atoms with Crippen LogP contribution in [-0.2, 0) is 4.79 Å². The van der Waals surface area contributed by atoms with E-state index in [0.29, 0.717) is 4.90 Å². The van der Waals surface area contributed by atoms with E-state index in [2.05, 4.69) is 0 Å². The highest BCUT2D eigenvalue weighted by Crippen LogP contribution is 2.16. The molecule has 2 amide bonds. The van der Waals surface area contributed by atoms with E-state index in [9.17, 15) is 22.8 Å². The molecule has 0 radical (unpaired) electrons. The van der Waals surface area contributed by atoms with Crippen molar-refractivity contribution < 1.29 is 27.9 Å². The maximum Gasteiger partial charge on any atom is 0.401 e. The molecule has 0 bridgehead atoms. The van der Waals surface area contributed by atoms with Crippen LogP contribution in [0.1, 0.15) is 10.4 Å². The quantitative estimate of drug-likeness (QED) is 0.815.